The van der Waals surface area contributed by atoms with Crippen molar-refractivity contribution in [1.82, 2.24) is 0 Å². The number of hydrogen-bond donors (Lipinski definition) is 1. The minimum absolute atomic E-state index is 0.0847. The third-order valence-electron chi connectivity index (χ3n) is 3.33. The summed E-state index contributed by atoms with van der Waals surface area (Å²) in [6.45, 7) is 5.21. The maximum atomic E-state index is 11.2. The first-order valence-corrected chi connectivity index (χ1v) is 7.78. The first-order valence-electron chi connectivity index (χ1n) is 7.78. The smallest absolute Gasteiger partial charge is 0.330 e. The number of ether oxygens (including phenoxy) is 2. The van der Waals surface area contributed by atoms with Gasteiger partial charge in [0.15, 0.2) is 0 Å². The van der Waals surface area contributed by atoms with E-state index in [1.807, 2.05) is 37.3 Å². The van der Waals surface area contributed by atoms with Gasteiger partial charge in [-0.25, -0.2) is 4.79 Å². The van der Waals surface area contributed by atoms with Gasteiger partial charge in [0.25, 0.3) is 0 Å². The monoisotopic (exact) mass is 306 g/mol. The van der Waals surface area contributed by atoms with Gasteiger partial charge in [-0.1, -0.05) is 43.3 Å². The van der Waals surface area contributed by atoms with Crippen LogP contribution in [0.25, 0.3) is 0 Å². The summed E-state index contributed by atoms with van der Waals surface area (Å²) in [6.07, 6.45) is 4.01. The molecule has 1 aromatic carbocycles. The zero-order chi connectivity index (χ0) is 16.2. The summed E-state index contributed by atoms with van der Waals surface area (Å²) in [7, 11) is 0. The van der Waals surface area contributed by atoms with Crippen LogP contribution in [0.15, 0.2) is 42.5 Å². The maximum Gasteiger partial charge on any atom is 0.330 e. The molecule has 0 radical (unpaired) electrons. The Kier molecular flexibility index (Phi) is 9.19. The molecule has 22 heavy (non-hydrogen) atoms. The summed E-state index contributed by atoms with van der Waals surface area (Å²) >= 11 is 0. The molecule has 0 bridgehead atoms. The predicted molar refractivity (Wildman–Crippen MR) is 86.3 cm³/mol. The minimum atomic E-state index is -0.481. The number of carbonyl (C=O) groups is 1. The van der Waals surface area contributed by atoms with E-state index in [-0.39, 0.29) is 11.9 Å². The van der Waals surface area contributed by atoms with E-state index in [1.54, 1.807) is 13.0 Å². The maximum absolute atomic E-state index is 11.2. The fourth-order valence-corrected chi connectivity index (χ4v) is 1.97. The van der Waals surface area contributed by atoms with Gasteiger partial charge < -0.3 is 14.6 Å². The molecule has 0 spiro atoms. The van der Waals surface area contributed by atoms with Crippen LogP contribution in [-0.4, -0.2) is 30.4 Å². The van der Waals surface area contributed by atoms with E-state index in [0.29, 0.717) is 26.2 Å². The van der Waals surface area contributed by atoms with Crippen LogP contribution in [0.5, 0.6) is 0 Å². The van der Waals surface area contributed by atoms with Gasteiger partial charge in [-0.05, 0) is 25.3 Å². The molecule has 0 aromatic heterocycles. The molecular formula is C18H26O4. The number of esters is 1. The molecule has 0 aliphatic heterocycles. The average Bonchev–Trinajstić information content (AvgIpc) is 2.53. The molecule has 0 aliphatic rings. The third kappa shape index (κ3) is 7.96. The molecule has 4 nitrogen and oxygen atoms in total. The first kappa shape index (κ1) is 18.4. The number of aliphatic hydroxyl groups excluding tert-OH is 1. The van der Waals surface area contributed by atoms with E-state index in [4.69, 9.17) is 9.47 Å². The second-order valence-electron chi connectivity index (χ2n) is 5.22. The summed E-state index contributed by atoms with van der Waals surface area (Å²) in [4.78, 5) is 11.2. The fourth-order valence-electron chi connectivity index (χ4n) is 1.97. The normalized spacial score (nSPS) is 14.0. The highest BCUT2D eigenvalue weighted by Crippen LogP contribution is 2.11. The van der Waals surface area contributed by atoms with Crippen LogP contribution in [0.3, 0.4) is 0 Å². The molecule has 0 unspecified atom stereocenters. The van der Waals surface area contributed by atoms with Crippen molar-refractivity contribution in [3.8, 4) is 0 Å². The lowest BCUT2D eigenvalue weighted by molar-refractivity contribution is -0.137. The molecule has 0 heterocycles. The third-order valence-corrected chi connectivity index (χ3v) is 3.33. The Labute approximate surface area is 132 Å². The van der Waals surface area contributed by atoms with Crippen molar-refractivity contribution in [2.24, 2.45) is 5.92 Å². The Morgan fingerprint density at radius 1 is 1.32 bits per heavy atom. The summed E-state index contributed by atoms with van der Waals surface area (Å²) in [6, 6.07) is 10.00. The molecule has 122 valence electrons. The largest absolute Gasteiger partial charge is 0.463 e. The average molecular weight is 306 g/mol. The van der Waals surface area contributed by atoms with Crippen molar-refractivity contribution in [3.63, 3.8) is 0 Å². The highest BCUT2D eigenvalue weighted by molar-refractivity contribution is 5.81. The molecule has 4 heteroatoms. The molecule has 0 saturated heterocycles. The lowest BCUT2D eigenvalue weighted by Crippen LogP contribution is -2.17. The first-order chi connectivity index (χ1) is 10.6. The van der Waals surface area contributed by atoms with E-state index in [0.717, 1.165) is 12.0 Å². The summed E-state index contributed by atoms with van der Waals surface area (Å²) in [5, 5.41) is 10.0. The summed E-state index contributed by atoms with van der Waals surface area (Å²) in [5.41, 5.74) is 1.15. The zero-order valence-electron chi connectivity index (χ0n) is 13.4. The van der Waals surface area contributed by atoms with E-state index in [1.165, 1.54) is 6.08 Å². The van der Waals surface area contributed by atoms with Gasteiger partial charge in [0, 0.05) is 18.6 Å². The van der Waals surface area contributed by atoms with Crippen LogP contribution in [0, 0.1) is 5.92 Å². The van der Waals surface area contributed by atoms with Gasteiger partial charge in [-0.3, -0.25) is 0 Å². The molecular weight excluding hydrogens is 280 g/mol. The molecule has 0 aliphatic carbocycles. The standard InChI is InChI=1S/C18H26O4/c1-3-22-18(20)12-11-15(2)17(19)10-7-13-21-14-16-8-5-4-6-9-16/h4-6,8-9,11-12,15,17,19H,3,7,10,13-14H2,1-2H3/b12-11+/t15-,17-/m1/s1. The second-order valence-corrected chi connectivity index (χ2v) is 5.22. The molecule has 1 rings (SSSR count). The fraction of sp³-hybridized carbons (Fsp3) is 0.500. The van der Waals surface area contributed by atoms with Crippen LogP contribution in [0.2, 0.25) is 0 Å². The van der Waals surface area contributed by atoms with Crippen LogP contribution in [-0.2, 0) is 20.9 Å². The van der Waals surface area contributed by atoms with Crippen molar-refractivity contribution in [3.05, 3.63) is 48.0 Å². The van der Waals surface area contributed by atoms with E-state index < -0.39 is 6.10 Å². The Morgan fingerprint density at radius 3 is 2.73 bits per heavy atom. The highest BCUT2D eigenvalue weighted by atomic mass is 16.5. The van der Waals surface area contributed by atoms with E-state index >= 15 is 0 Å². The van der Waals surface area contributed by atoms with Gasteiger partial charge in [0.1, 0.15) is 0 Å². The van der Waals surface area contributed by atoms with Gasteiger partial charge in [-0.2, -0.15) is 0 Å². The van der Waals surface area contributed by atoms with Crippen molar-refractivity contribution in [2.45, 2.75) is 39.4 Å². The molecule has 1 N–H and O–H groups in total. The minimum Gasteiger partial charge on any atom is -0.463 e. The molecule has 2 atom stereocenters. The quantitative estimate of drug-likeness (QED) is 0.410. The molecule has 0 saturated carbocycles. The van der Waals surface area contributed by atoms with Gasteiger partial charge in [0.2, 0.25) is 0 Å². The van der Waals surface area contributed by atoms with Crippen LogP contribution in [0.1, 0.15) is 32.3 Å². The van der Waals surface area contributed by atoms with Gasteiger partial charge >= 0.3 is 5.97 Å². The number of carbonyl (C=O) groups excluding carboxylic acids is 1. The van der Waals surface area contributed by atoms with E-state index in [2.05, 4.69) is 0 Å². The number of rotatable bonds is 10. The highest BCUT2D eigenvalue weighted by Gasteiger charge is 2.11. The van der Waals surface area contributed by atoms with Crippen LogP contribution in [0.4, 0.5) is 0 Å². The van der Waals surface area contributed by atoms with Crippen molar-refractivity contribution in [1.29, 1.82) is 0 Å². The lowest BCUT2D eigenvalue weighted by atomic mass is 10.00. The van der Waals surface area contributed by atoms with Crippen LogP contribution >= 0.6 is 0 Å². The van der Waals surface area contributed by atoms with Gasteiger partial charge in [-0.15, -0.1) is 0 Å². The Hall–Kier alpha value is -1.65. The van der Waals surface area contributed by atoms with Crippen molar-refractivity contribution < 1.29 is 19.4 Å². The number of aliphatic hydroxyl groups is 1. The van der Waals surface area contributed by atoms with E-state index in [9.17, 15) is 9.90 Å². The predicted octanol–water partition coefficient (Wildman–Crippen LogP) is 3.10. The number of hydrogen-bond acceptors (Lipinski definition) is 4. The van der Waals surface area contributed by atoms with Crippen LogP contribution < -0.4 is 0 Å². The van der Waals surface area contributed by atoms with Gasteiger partial charge in [0.05, 0.1) is 19.3 Å². The van der Waals surface area contributed by atoms with Crippen molar-refractivity contribution >= 4 is 5.97 Å². The Morgan fingerprint density at radius 2 is 2.05 bits per heavy atom. The Bertz CT molecular complexity index is 442. The summed E-state index contributed by atoms with van der Waals surface area (Å²) in [5.74, 6) is -0.453. The zero-order valence-corrected chi connectivity index (χ0v) is 13.4. The molecule has 1 aromatic rings. The van der Waals surface area contributed by atoms with Crippen molar-refractivity contribution in [2.75, 3.05) is 13.2 Å². The lowest BCUT2D eigenvalue weighted by Gasteiger charge is -2.15. The molecule has 0 fully saturated rings. The second kappa shape index (κ2) is 11.0. The Balaban J connectivity index is 2.14. The summed E-state index contributed by atoms with van der Waals surface area (Å²) < 4.78 is 10.4. The molecule has 0 amide bonds. The SMILES string of the molecule is CCOC(=O)/C=C/[C@@H](C)[C@H](O)CCCOCc1ccccc1. The topological polar surface area (TPSA) is 55.8 Å². The number of benzene rings is 1.